The first-order valence-electron chi connectivity index (χ1n) is 8.83. The lowest BCUT2D eigenvalue weighted by Gasteiger charge is -2.13. The number of pyridine rings is 1. The Hall–Kier alpha value is -2.94. The fourth-order valence-corrected chi connectivity index (χ4v) is 3.75. The molecule has 0 fully saturated rings. The third-order valence-corrected chi connectivity index (χ3v) is 5.65. The molecule has 0 aliphatic heterocycles. The molecule has 1 aromatic heterocycles. The number of methoxy groups -OCH3 is 2. The van der Waals surface area contributed by atoms with Crippen LogP contribution >= 0.6 is 35.0 Å². The Morgan fingerprint density at radius 3 is 2.23 bits per heavy atom. The van der Waals surface area contributed by atoms with Gasteiger partial charge in [-0.1, -0.05) is 41.0 Å². The van der Waals surface area contributed by atoms with E-state index in [1.165, 1.54) is 32.2 Å². The first-order valence-corrected chi connectivity index (χ1v) is 10.4. The molecule has 0 saturated heterocycles. The zero-order valence-corrected chi connectivity index (χ0v) is 18.8. The molecule has 10 heteroatoms. The Balaban J connectivity index is 1.68. The van der Waals surface area contributed by atoms with Crippen molar-refractivity contribution in [2.45, 2.75) is 9.92 Å². The van der Waals surface area contributed by atoms with E-state index in [9.17, 15) is 9.59 Å². The molecule has 3 rings (SSSR count). The van der Waals surface area contributed by atoms with Gasteiger partial charge >= 0.3 is 6.03 Å². The van der Waals surface area contributed by atoms with Crippen LogP contribution in [0.3, 0.4) is 0 Å². The third-order valence-electron chi connectivity index (χ3n) is 3.98. The van der Waals surface area contributed by atoms with E-state index in [-0.39, 0.29) is 17.1 Å². The minimum atomic E-state index is -0.756. The number of hydrogen-bond acceptors (Lipinski definition) is 6. The molecule has 0 atom stereocenters. The first kappa shape index (κ1) is 22.7. The highest BCUT2D eigenvalue weighted by Crippen LogP contribution is 2.33. The van der Waals surface area contributed by atoms with Crippen LogP contribution in [0, 0.1) is 0 Å². The van der Waals surface area contributed by atoms with Crippen LogP contribution in [0.4, 0.5) is 10.5 Å². The second-order valence-electron chi connectivity index (χ2n) is 6.01. The topological polar surface area (TPSA) is 89.5 Å². The Labute approximate surface area is 193 Å². The molecule has 0 aliphatic carbocycles. The van der Waals surface area contributed by atoms with Crippen molar-refractivity contribution in [1.82, 2.24) is 10.3 Å². The van der Waals surface area contributed by atoms with Gasteiger partial charge in [-0.3, -0.25) is 10.1 Å². The second kappa shape index (κ2) is 10.4. The number of ether oxygens (including phenoxy) is 2. The molecule has 0 bridgehead atoms. The van der Waals surface area contributed by atoms with Crippen LogP contribution in [-0.2, 0) is 0 Å². The Morgan fingerprint density at radius 2 is 1.65 bits per heavy atom. The lowest BCUT2D eigenvalue weighted by molar-refractivity contribution is 0.0961. The molecule has 0 spiro atoms. The lowest BCUT2D eigenvalue weighted by atomic mass is 10.1. The second-order valence-corrected chi connectivity index (χ2v) is 7.92. The van der Waals surface area contributed by atoms with Crippen molar-refractivity contribution in [2.24, 2.45) is 0 Å². The largest absolute Gasteiger partial charge is 0.496 e. The fourth-order valence-electron chi connectivity index (χ4n) is 2.59. The van der Waals surface area contributed by atoms with Crippen molar-refractivity contribution >= 4 is 52.6 Å². The summed E-state index contributed by atoms with van der Waals surface area (Å²) in [6, 6.07) is 12.9. The zero-order valence-electron chi connectivity index (χ0n) is 16.4. The zero-order chi connectivity index (χ0) is 22.4. The van der Waals surface area contributed by atoms with Crippen LogP contribution in [0.25, 0.3) is 0 Å². The van der Waals surface area contributed by atoms with E-state index >= 15 is 0 Å². The summed E-state index contributed by atoms with van der Waals surface area (Å²) < 4.78 is 10.4. The number of carbonyl (C=O) groups is 2. The van der Waals surface area contributed by atoms with Crippen LogP contribution in [0.15, 0.2) is 64.6 Å². The molecule has 0 saturated carbocycles. The summed E-state index contributed by atoms with van der Waals surface area (Å²) in [5, 5.41) is 6.30. The normalized spacial score (nSPS) is 10.3. The predicted molar refractivity (Wildman–Crippen MR) is 121 cm³/mol. The molecule has 1 heterocycles. The van der Waals surface area contributed by atoms with Crippen molar-refractivity contribution in [3.8, 4) is 11.5 Å². The monoisotopic (exact) mass is 477 g/mol. The van der Waals surface area contributed by atoms with Gasteiger partial charge in [-0.25, -0.2) is 9.78 Å². The number of benzene rings is 2. The number of halogens is 2. The number of hydrogen-bond donors (Lipinski definition) is 2. The Bertz CT molecular complexity index is 1090. The minimum Gasteiger partial charge on any atom is -0.496 e. The molecule has 160 valence electrons. The molecule has 3 aromatic rings. The number of imide groups is 1. The van der Waals surface area contributed by atoms with Gasteiger partial charge in [-0.05, 0) is 42.5 Å². The molecule has 0 radical (unpaired) electrons. The lowest BCUT2D eigenvalue weighted by Crippen LogP contribution is -2.34. The molecule has 0 aliphatic rings. The van der Waals surface area contributed by atoms with Gasteiger partial charge < -0.3 is 14.8 Å². The Kier molecular flexibility index (Phi) is 7.62. The first-order chi connectivity index (χ1) is 14.9. The number of nitrogens with one attached hydrogen (secondary N) is 2. The van der Waals surface area contributed by atoms with Gasteiger partial charge in [0.05, 0.1) is 31.1 Å². The van der Waals surface area contributed by atoms with Crippen LogP contribution < -0.4 is 20.1 Å². The summed E-state index contributed by atoms with van der Waals surface area (Å²) >= 11 is 13.5. The third kappa shape index (κ3) is 5.81. The van der Waals surface area contributed by atoms with Crippen molar-refractivity contribution < 1.29 is 19.1 Å². The van der Waals surface area contributed by atoms with Crippen molar-refractivity contribution in [3.05, 3.63) is 70.3 Å². The van der Waals surface area contributed by atoms with Gasteiger partial charge in [0.25, 0.3) is 5.91 Å². The number of rotatable bonds is 6. The molecule has 2 N–H and O–H groups in total. The molecule has 7 nitrogen and oxygen atoms in total. The van der Waals surface area contributed by atoms with Gasteiger partial charge in [0, 0.05) is 9.92 Å². The van der Waals surface area contributed by atoms with E-state index in [0.717, 1.165) is 4.90 Å². The van der Waals surface area contributed by atoms with Crippen molar-refractivity contribution in [1.29, 1.82) is 0 Å². The van der Waals surface area contributed by atoms with Gasteiger partial charge in [-0.2, -0.15) is 0 Å². The molecule has 31 heavy (non-hydrogen) atoms. The van der Waals surface area contributed by atoms with E-state index < -0.39 is 11.9 Å². The maximum Gasteiger partial charge on any atom is 0.326 e. The summed E-state index contributed by atoms with van der Waals surface area (Å²) in [5.74, 6) is -0.128. The van der Waals surface area contributed by atoms with Crippen molar-refractivity contribution in [2.75, 3.05) is 19.5 Å². The van der Waals surface area contributed by atoms with E-state index in [4.69, 9.17) is 32.7 Å². The minimum absolute atomic E-state index is 0.105. The number of nitrogens with zero attached hydrogens (tertiary/aromatic N) is 1. The highest BCUT2D eigenvalue weighted by atomic mass is 35.5. The highest BCUT2D eigenvalue weighted by Gasteiger charge is 2.20. The smallest absolute Gasteiger partial charge is 0.326 e. The number of carbonyl (C=O) groups excluding carboxylic acids is 2. The van der Waals surface area contributed by atoms with Gasteiger partial charge in [0.15, 0.2) is 0 Å². The summed E-state index contributed by atoms with van der Waals surface area (Å²) in [6.07, 6.45) is 1.44. The van der Waals surface area contributed by atoms with Crippen LogP contribution in [-0.4, -0.2) is 31.1 Å². The summed E-state index contributed by atoms with van der Waals surface area (Å²) in [7, 11) is 2.84. The van der Waals surface area contributed by atoms with Crippen LogP contribution in [0.2, 0.25) is 10.0 Å². The summed E-state index contributed by atoms with van der Waals surface area (Å²) in [4.78, 5) is 30.1. The average Bonchev–Trinajstić information content (AvgIpc) is 2.76. The SMILES string of the molecule is COc1cccc(OC)c1C(=O)NC(=O)Nc1cnc(Sc2ccc(Cl)cc2)c(Cl)c1. The van der Waals surface area contributed by atoms with E-state index in [2.05, 4.69) is 15.6 Å². The van der Waals surface area contributed by atoms with E-state index in [1.807, 2.05) is 12.1 Å². The number of aromatic nitrogens is 1. The molecular weight excluding hydrogens is 461 g/mol. The molecular formula is C21H17Cl2N3O4S. The predicted octanol–water partition coefficient (Wildman–Crippen LogP) is 5.52. The average molecular weight is 478 g/mol. The van der Waals surface area contributed by atoms with Gasteiger partial charge in [-0.15, -0.1) is 0 Å². The Morgan fingerprint density at radius 1 is 1.00 bits per heavy atom. The molecule has 0 unspecified atom stereocenters. The summed E-state index contributed by atoms with van der Waals surface area (Å²) in [6.45, 7) is 0. The molecule has 2 aromatic carbocycles. The number of anilines is 1. The van der Waals surface area contributed by atoms with Crippen LogP contribution in [0.1, 0.15) is 10.4 Å². The quantitative estimate of drug-likeness (QED) is 0.485. The highest BCUT2D eigenvalue weighted by molar-refractivity contribution is 7.99. The maximum atomic E-state index is 12.6. The van der Waals surface area contributed by atoms with Gasteiger partial charge in [0.2, 0.25) is 0 Å². The van der Waals surface area contributed by atoms with Crippen LogP contribution in [0.5, 0.6) is 11.5 Å². The number of amides is 3. The van der Waals surface area contributed by atoms with E-state index in [0.29, 0.717) is 20.8 Å². The molecule has 3 amide bonds. The van der Waals surface area contributed by atoms with Crippen molar-refractivity contribution in [3.63, 3.8) is 0 Å². The number of urea groups is 1. The summed E-state index contributed by atoms with van der Waals surface area (Å²) in [5.41, 5.74) is 0.427. The van der Waals surface area contributed by atoms with Gasteiger partial charge in [0.1, 0.15) is 22.1 Å². The standard InChI is InChI=1S/C21H17Cl2N3O4S/c1-29-16-4-3-5-17(30-2)18(16)19(27)26-21(28)25-13-10-15(23)20(24-11-13)31-14-8-6-12(22)7-9-14/h3-11H,1-2H3,(H2,25,26,27,28). The maximum absolute atomic E-state index is 12.6. The van der Waals surface area contributed by atoms with E-state index in [1.54, 1.807) is 36.4 Å². The fraction of sp³-hybridized carbons (Fsp3) is 0.0952.